The maximum Gasteiger partial charge on any atom is 0.255 e. The summed E-state index contributed by atoms with van der Waals surface area (Å²) in [6.07, 6.45) is 3.84. The predicted octanol–water partition coefficient (Wildman–Crippen LogP) is 5.22. The number of amides is 1. The molecule has 1 unspecified atom stereocenters. The first-order valence-electron chi connectivity index (χ1n) is 9.51. The number of fused-ring (bicyclic) bond motifs is 1. The maximum atomic E-state index is 13.7. The number of likely N-dealkylation sites (tertiary alicyclic amines) is 1. The van der Waals surface area contributed by atoms with Crippen molar-refractivity contribution < 1.29 is 4.79 Å². The Labute approximate surface area is 171 Å². The molecular formula is C21H20N4OS2. The van der Waals surface area contributed by atoms with Crippen LogP contribution in [0.3, 0.4) is 0 Å². The zero-order valence-corrected chi connectivity index (χ0v) is 17.2. The molecule has 28 heavy (non-hydrogen) atoms. The molecule has 1 atom stereocenters. The van der Waals surface area contributed by atoms with E-state index < -0.39 is 0 Å². The summed E-state index contributed by atoms with van der Waals surface area (Å²) >= 11 is 3.36. The molecule has 1 aliphatic heterocycles. The number of hydrogen-bond donors (Lipinski definition) is 0. The van der Waals surface area contributed by atoms with Crippen LogP contribution >= 0.6 is 22.7 Å². The number of rotatable bonds is 4. The van der Waals surface area contributed by atoms with Gasteiger partial charge in [0.05, 0.1) is 33.8 Å². The van der Waals surface area contributed by atoms with Gasteiger partial charge in [-0.2, -0.15) is 5.10 Å². The SMILES string of the molecule is CCn1ncc2c(C(=O)N3CCCC3c3cccs3)cc(-c3cccs3)nc21. The third-order valence-electron chi connectivity index (χ3n) is 5.30. The first-order chi connectivity index (χ1) is 13.8. The van der Waals surface area contributed by atoms with Gasteiger partial charge in [0.25, 0.3) is 5.91 Å². The minimum atomic E-state index is 0.0803. The number of thiophene rings is 2. The van der Waals surface area contributed by atoms with Crippen molar-refractivity contribution in [1.82, 2.24) is 19.7 Å². The molecule has 1 saturated heterocycles. The smallest absolute Gasteiger partial charge is 0.255 e. The molecule has 1 aliphatic rings. The topological polar surface area (TPSA) is 51.0 Å². The Balaban J connectivity index is 1.63. The van der Waals surface area contributed by atoms with Gasteiger partial charge < -0.3 is 4.90 Å². The number of pyridine rings is 1. The lowest BCUT2D eigenvalue weighted by Crippen LogP contribution is -2.30. The molecule has 142 valence electrons. The Kier molecular flexibility index (Phi) is 4.49. The summed E-state index contributed by atoms with van der Waals surface area (Å²) in [5.74, 6) is 0.0803. The average molecular weight is 409 g/mol. The van der Waals surface area contributed by atoms with E-state index in [0.717, 1.165) is 47.5 Å². The lowest BCUT2D eigenvalue weighted by atomic mass is 10.1. The highest BCUT2D eigenvalue weighted by Crippen LogP contribution is 2.37. The minimum Gasteiger partial charge on any atom is -0.331 e. The second-order valence-corrected chi connectivity index (χ2v) is 8.83. The molecule has 1 amide bonds. The van der Waals surface area contributed by atoms with Crippen molar-refractivity contribution in [3.63, 3.8) is 0 Å². The van der Waals surface area contributed by atoms with Crippen LogP contribution in [0.4, 0.5) is 0 Å². The van der Waals surface area contributed by atoms with Crippen molar-refractivity contribution in [3.8, 4) is 10.6 Å². The van der Waals surface area contributed by atoms with Gasteiger partial charge in [-0.25, -0.2) is 9.67 Å². The van der Waals surface area contributed by atoms with E-state index in [2.05, 4.69) is 22.6 Å². The molecule has 5 rings (SSSR count). The third-order valence-corrected chi connectivity index (χ3v) is 7.16. The summed E-state index contributed by atoms with van der Waals surface area (Å²) in [4.78, 5) is 22.8. The van der Waals surface area contributed by atoms with Crippen molar-refractivity contribution in [2.75, 3.05) is 6.54 Å². The number of hydrogen-bond acceptors (Lipinski definition) is 5. The molecular weight excluding hydrogens is 388 g/mol. The number of carbonyl (C=O) groups excluding carboxylic acids is 1. The van der Waals surface area contributed by atoms with Crippen molar-refractivity contribution in [2.24, 2.45) is 0 Å². The number of aryl methyl sites for hydroxylation is 1. The van der Waals surface area contributed by atoms with Gasteiger partial charge in [-0.1, -0.05) is 12.1 Å². The number of nitrogens with zero attached hydrogens (tertiary/aromatic N) is 4. The van der Waals surface area contributed by atoms with Crippen LogP contribution in [0.5, 0.6) is 0 Å². The highest BCUT2D eigenvalue weighted by Gasteiger charge is 2.32. The largest absolute Gasteiger partial charge is 0.331 e. The standard InChI is InChI=1S/C21H20N4OS2/c1-2-25-20-15(13-22-25)14(12-16(23-20)18-7-4-10-27-18)21(26)24-9-3-6-17(24)19-8-5-11-28-19/h4-5,7-8,10-13,17H,2-3,6,9H2,1H3. The van der Waals surface area contributed by atoms with Crippen LogP contribution in [0.2, 0.25) is 0 Å². The van der Waals surface area contributed by atoms with E-state index in [1.807, 2.05) is 40.1 Å². The maximum absolute atomic E-state index is 13.7. The summed E-state index contributed by atoms with van der Waals surface area (Å²) in [5.41, 5.74) is 2.33. The van der Waals surface area contributed by atoms with E-state index in [1.54, 1.807) is 28.9 Å². The van der Waals surface area contributed by atoms with Crippen LogP contribution in [0.1, 0.15) is 41.0 Å². The molecule has 0 N–H and O–H groups in total. The quantitative estimate of drug-likeness (QED) is 0.465. The monoisotopic (exact) mass is 408 g/mol. The van der Waals surface area contributed by atoms with Gasteiger partial charge in [-0.3, -0.25) is 4.79 Å². The van der Waals surface area contributed by atoms with Gasteiger partial charge in [0.1, 0.15) is 0 Å². The second kappa shape index (κ2) is 7.14. The highest BCUT2D eigenvalue weighted by molar-refractivity contribution is 7.13. The van der Waals surface area contributed by atoms with Crippen molar-refractivity contribution in [2.45, 2.75) is 32.4 Å². The molecule has 0 bridgehead atoms. The van der Waals surface area contributed by atoms with Gasteiger partial charge in [0.2, 0.25) is 0 Å². The van der Waals surface area contributed by atoms with E-state index in [0.29, 0.717) is 5.56 Å². The molecule has 4 aromatic rings. The van der Waals surface area contributed by atoms with Crippen LogP contribution in [-0.4, -0.2) is 32.1 Å². The van der Waals surface area contributed by atoms with Crippen LogP contribution in [0.25, 0.3) is 21.6 Å². The number of aromatic nitrogens is 3. The lowest BCUT2D eigenvalue weighted by Gasteiger charge is -2.24. The molecule has 7 heteroatoms. The Morgan fingerprint density at radius 2 is 2.11 bits per heavy atom. The normalized spacial score (nSPS) is 16.9. The Morgan fingerprint density at radius 3 is 2.86 bits per heavy atom. The van der Waals surface area contributed by atoms with Gasteiger partial charge in [-0.05, 0) is 48.7 Å². The van der Waals surface area contributed by atoms with Gasteiger partial charge in [0, 0.05) is 18.0 Å². The van der Waals surface area contributed by atoms with E-state index in [9.17, 15) is 4.79 Å². The van der Waals surface area contributed by atoms with Crippen LogP contribution in [-0.2, 0) is 6.54 Å². The van der Waals surface area contributed by atoms with Crippen LogP contribution in [0, 0.1) is 0 Å². The van der Waals surface area contributed by atoms with E-state index in [4.69, 9.17) is 4.98 Å². The zero-order valence-electron chi connectivity index (χ0n) is 15.5. The third kappa shape index (κ3) is 2.86. The molecule has 0 spiro atoms. The second-order valence-electron chi connectivity index (χ2n) is 6.90. The van der Waals surface area contributed by atoms with Gasteiger partial charge in [-0.15, -0.1) is 22.7 Å². The first kappa shape index (κ1) is 17.6. The molecule has 4 aromatic heterocycles. The molecule has 5 nitrogen and oxygen atoms in total. The van der Waals surface area contributed by atoms with Gasteiger partial charge >= 0.3 is 0 Å². The fraction of sp³-hybridized carbons (Fsp3) is 0.286. The molecule has 1 fully saturated rings. The van der Waals surface area contributed by atoms with E-state index in [-0.39, 0.29) is 11.9 Å². The zero-order chi connectivity index (χ0) is 19.1. The van der Waals surface area contributed by atoms with E-state index >= 15 is 0 Å². The molecule has 0 aromatic carbocycles. The summed E-state index contributed by atoms with van der Waals surface area (Å²) < 4.78 is 1.87. The molecule has 0 saturated carbocycles. The Hall–Kier alpha value is -2.51. The molecule has 0 aliphatic carbocycles. The summed E-state index contributed by atoms with van der Waals surface area (Å²) in [5, 5.41) is 9.42. The van der Waals surface area contributed by atoms with Gasteiger partial charge in [0.15, 0.2) is 5.65 Å². The summed E-state index contributed by atoms with van der Waals surface area (Å²) in [6.45, 7) is 3.56. The van der Waals surface area contributed by atoms with Crippen molar-refractivity contribution >= 4 is 39.6 Å². The molecule has 0 radical (unpaired) electrons. The summed E-state index contributed by atoms with van der Waals surface area (Å²) in [6, 6.07) is 10.4. The predicted molar refractivity (Wildman–Crippen MR) is 114 cm³/mol. The van der Waals surface area contributed by atoms with Crippen molar-refractivity contribution in [1.29, 1.82) is 0 Å². The van der Waals surface area contributed by atoms with Crippen LogP contribution < -0.4 is 0 Å². The highest BCUT2D eigenvalue weighted by atomic mass is 32.1. The van der Waals surface area contributed by atoms with E-state index in [1.165, 1.54) is 4.88 Å². The van der Waals surface area contributed by atoms with Crippen molar-refractivity contribution in [3.05, 3.63) is 57.7 Å². The Morgan fingerprint density at radius 1 is 1.25 bits per heavy atom. The summed E-state index contributed by atoms with van der Waals surface area (Å²) in [7, 11) is 0. The lowest BCUT2D eigenvalue weighted by molar-refractivity contribution is 0.0740. The molecule has 5 heterocycles. The Bertz CT molecular complexity index is 1120. The first-order valence-corrected chi connectivity index (χ1v) is 11.3. The fourth-order valence-corrected chi connectivity index (χ4v) is 5.51. The average Bonchev–Trinajstić information content (AvgIpc) is 3.51. The number of carbonyl (C=O) groups is 1. The van der Waals surface area contributed by atoms with Crippen LogP contribution in [0.15, 0.2) is 47.3 Å². The minimum absolute atomic E-state index is 0.0803. The fourth-order valence-electron chi connectivity index (χ4n) is 3.95.